The van der Waals surface area contributed by atoms with Gasteiger partial charge in [0.2, 0.25) is 0 Å². The molecule has 0 fully saturated rings. The Kier molecular flexibility index (Phi) is 4.83. The van der Waals surface area contributed by atoms with Crippen LogP contribution >= 0.6 is 0 Å². The Hall–Kier alpha value is -1.36. The van der Waals surface area contributed by atoms with E-state index < -0.39 is 0 Å². The third-order valence-corrected chi connectivity index (χ3v) is 2.05. The topological polar surface area (TPSA) is 79.5 Å². The molecule has 0 aromatic heterocycles. The lowest BCUT2D eigenvalue weighted by molar-refractivity contribution is -0.117. The largest absolute Gasteiger partial charge is 0.394 e. The maximum absolute atomic E-state index is 11.3. The number of aliphatic imine (C=N–C) groups is 1. The summed E-state index contributed by atoms with van der Waals surface area (Å²) >= 11 is 0. The van der Waals surface area contributed by atoms with Crippen molar-refractivity contribution in [2.75, 3.05) is 26.2 Å². The molecule has 0 spiro atoms. The van der Waals surface area contributed by atoms with Crippen LogP contribution in [0.1, 0.15) is 16.2 Å². The summed E-state index contributed by atoms with van der Waals surface area (Å²) in [6.45, 7) is 4.87. The van der Waals surface area contributed by atoms with Crippen LogP contribution in [0, 0.1) is 0 Å². The molecule has 0 aromatic carbocycles. The van der Waals surface area contributed by atoms with E-state index in [4.69, 9.17) is 5.73 Å². The SMILES string of the molecule is CCNC(=O)/C(N)=C/C1=NCCCNC1.[HH].[HH]. The Morgan fingerprint density at radius 2 is 2.60 bits per heavy atom. The number of likely N-dealkylation sites (N-methyl/N-ethyl adjacent to an activating group) is 1. The van der Waals surface area contributed by atoms with Crippen LogP contribution in [0.15, 0.2) is 16.8 Å². The summed E-state index contributed by atoms with van der Waals surface area (Å²) < 4.78 is 0. The highest BCUT2D eigenvalue weighted by atomic mass is 16.1. The van der Waals surface area contributed by atoms with Gasteiger partial charge in [0.05, 0.1) is 11.4 Å². The first-order chi connectivity index (χ1) is 7.24. The Balaban J connectivity index is 0. The molecule has 4 N–H and O–H groups in total. The molecule has 0 atom stereocenters. The van der Waals surface area contributed by atoms with Gasteiger partial charge in [0.1, 0.15) is 0 Å². The molecule has 0 aromatic rings. The van der Waals surface area contributed by atoms with E-state index in [2.05, 4.69) is 15.6 Å². The minimum Gasteiger partial charge on any atom is -0.394 e. The van der Waals surface area contributed by atoms with Gasteiger partial charge in [0.15, 0.2) is 0 Å². The highest BCUT2D eigenvalue weighted by molar-refractivity contribution is 6.04. The fraction of sp³-hybridized carbons (Fsp3) is 0.600. The van der Waals surface area contributed by atoms with Crippen molar-refractivity contribution in [3.05, 3.63) is 11.8 Å². The average Bonchev–Trinajstić information content (AvgIpc) is 2.46. The molecule has 0 saturated heterocycles. The quantitative estimate of drug-likeness (QED) is 0.574. The molecular formula is C10H22N4O. The van der Waals surface area contributed by atoms with E-state index in [9.17, 15) is 4.79 Å². The summed E-state index contributed by atoms with van der Waals surface area (Å²) in [5.74, 6) is -0.232. The van der Waals surface area contributed by atoms with Crippen molar-refractivity contribution in [1.82, 2.24) is 10.6 Å². The molecule has 5 heteroatoms. The van der Waals surface area contributed by atoms with Crippen molar-refractivity contribution in [2.24, 2.45) is 10.7 Å². The summed E-state index contributed by atoms with van der Waals surface area (Å²) in [5, 5.41) is 5.85. The average molecular weight is 214 g/mol. The molecule has 88 valence electrons. The number of amides is 1. The minimum absolute atomic E-state index is 0. The van der Waals surface area contributed by atoms with Crippen molar-refractivity contribution >= 4 is 11.6 Å². The minimum atomic E-state index is -0.232. The first-order valence-corrected chi connectivity index (χ1v) is 5.23. The normalized spacial score (nSPS) is 17.9. The van der Waals surface area contributed by atoms with Crippen LogP contribution in [-0.4, -0.2) is 37.8 Å². The van der Waals surface area contributed by atoms with Gasteiger partial charge in [0, 0.05) is 22.5 Å². The fourth-order valence-electron chi connectivity index (χ4n) is 1.30. The van der Waals surface area contributed by atoms with Crippen LogP contribution < -0.4 is 16.4 Å². The van der Waals surface area contributed by atoms with Crippen LogP contribution in [0.25, 0.3) is 0 Å². The monoisotopic (exact) mass is 214 g/mol. The van der Waals surface area contributed by atoms with Crippen molar-refractivity contribution in [3.63, 3.8) is 0 Å². The Labute approximate surface area is 92.8 Å². The van der Waals surface area contributed by atoms with Gasteiger partial charge in [-0.05, 0) is 26.0 Å². The summed E-state index contributed by atoms with van der Waals surface area (Å²) in [6.07, 6.45) is 2.67. The van der Waals surface area contributed by atoms with E-state index >= 15 is 0 Å². The Bertz CT molecular complexity index is 292. The number of carbonyl (C=O) groups is 1. The van der Waals surface area contributed by atoms with Gasteiger partial charge < -0.3 is 16.4 Å². The summed E-state index contributed by atoms with van der Waals surface area (Å²) in [5.41, 5.74) is 6.69. The van der Waals surface area contributed by atoms with Crippen LogP contribution in [0.2, 0.25) is 0 Å². The second-order valence-corrected chi connectivity index (χ2v) is 3.36. The number of hydrogen-bond donors (Lipinski definition) is 3. The molecule has 15 heavy (non-hydrogen) atoms. The molecule has 0 unspecified atom stereocenters. The van der Waals surface area contributed by atoms with E-state index in [-0.39, 0.29) is 14.5 Å². The predicted octanol–water partition coefficient (Wildman–Crippen LogP) is -0.109. The van der Waals surface area contributed by atoms with Crippen molar-refractivity contribution in [3.8, 4) is 0 Å². The Morgan fingerprint density at radius 3 is 3.33 bits per heavy atom. The van der Waals surface area contributed by atoms with E-state index in [1.54, 1.807) is 6.08 Å². The molecule has 1 aliphatic heterocycles. The number of nitrogens with two attached hydrogens (primary N) is 1. The molecule has 1 amide bonds. The number of carbonyl (C=O) groups excluding carboxylic acids is 1. The third kappa shape index (κ3) is 4.12. The lowest BCUT2D eigenvalue weighted by Crippen LogP contribution is -2.29. The number of nitrogens with zero attached hydrogens (tertiary/aromatic N) is 1. The van der Waals surface area contributed by atoms with Crippen LogP contribution in [0.3, 0.4) is 0 Å². The second-order valence-electron chi connectivity index (χ2n) is 3.36. The third-order valence-electron chi connectivity index (χ3n) is 2.05. The zero-order valence-electron chi connectivity index (χ0n) is 9.05. The molecule has 0 saturated carbocycles. The molecule has 1 heterocycles. The highest BCUT2D eigenvalue weighted by Gasteiger charge is 2.06. The van der Waals surface area contributed by atoms with Gasteiger partial charge in [-0.1, -0.05) is 0 Å². The lowest BCUT2D eigenvalue weighted by Gasteiger charge is -2.03. The standard InChI is InChI=1S/C10H18N4O.2H2/c1-2-13-10(15)9(11)6-8-7-12-4-3-5-14-8;;/h6,12H,2-5,7,11H2,1H3,(H,13,15);2*1H/b9-6-;;. The van der Waals surface area contributed by atoms with Crippen molar-refractivity contribution in [2.45, 2.75) is 13.3 Å². The van der Waals surface area contributed by atoms with Crippen LogP contribution in [-0.2, 0) is 4.79 Å². The van der Waals surface area contributed by atoms with Gasteiger partial charge in [-0.3, -0.25) is 9.79 Å². The molecule has 0 aliphatic carbocycles. The molecule has 5 nitrogen and oxygen atoms in total. The first-order valence-electron chi connectivity index (χ1n) is 5.23. The molecule has 0 bridgehead atoms. The van der Waals surface area contributed by atoms with E-state index in [1.807, 2.05) is 6.92 Å². The smallest absolute Gasteiger partial charge is 0.267 e. The summed E-state index contributed by atoms with van der Waals surface area (Å²) in [4.78, 5) is 15.6. The maximum atomic E-state index is 11.3. The number of hydrogen-bond acceptors (Lipinski definition) is 4. The van der Waals surface area contributed by atoms with E-state index in [1.165, 1.54) is 0 Å². The van der Waals surface area contributed by atoms with Crippen molar-refractivity contribution in [1.29, 1.82) is 0 Å². The highest BCUT2D eigenvalue weighted by Crippen LogP contribution is 1.93. The molecule has 1 rings (SSSR count). The Morgan fingerprint density at radius 1 is 1.80 bits per heavy atom. The number of rotatable bonds is 3. The van der Waals surface area contributed by atoms with E-state index in [0.717, 1.165) is 25.2 Å². The molecule has 0 radical (unpaired) electrons. The van der Waals surface area contributed by atoms with E-state index in [0.29, 0.717) is 13.1 Å². The number of nitrogens with one attached hydrogen (secondary N) is 2. The van der Waals surface area contributed by atoms with Gasteiger partial charge in [-0.15, -0.1) is 0 Å². The van der Waals surface area contributed by atoms with Crippen LogP contribution in [0.5, 0.6) is 0 Å². The second kappa shape index (κ2) is 6.19. The lowest BCUT2D eigenvalue weighted by atomic mass is 10.2. The zero-order valence-corrected chi connectivity index (χ0v) is 9.05. The molecule has 1 aliphatic rings. The van der Waals surface area contributed by atoms with Gasteiger partial charge in [-0.25, -0.2) is 0 Å². The van der Waals surface area contributed by atoms with Crippen molar-refractivity contribution < 1.29 is 7.65 Å². The molecular weight excluding hydrogens is 192 g/mol. The fourth-order valence-corrected chi connectivity index (χ4v) is 1.30. The summed E-state index contributed by atoms with van der Waals surface area (Å²) in [7, 11) is 0. The van der Waals surface area contributed by atoms with Gasteiger partial charge in [-0.2, -0.15) is 0 Å². The van der Waals surface area contributed by atoms with Gasteiger partial charge >= 0.3 is 0 Å². The predicted molar refractivity (Wildman–Crippen MR) is 65.0 cm³/mol. The zero-order chi connectivity index (χ0) is 11.1. The first kappa shape index (κ1) is 11.7. The van der Waals surface area contributed by atoms with Gasteiger partial charge in [0.25, 0.3) is 5.91 Å². The van der Waals surface area contributed by atoms with Crippen LogP contribution in [0.4, 0.5) is 0 Å². The maximum Gasteiger partial charge on any atom is 0.267 e. The summed E-state index contributed by atoms with van der Waals surface area (Å²) in [6, 6.07) is 0.